The quantitative estimate of drug-likeness (QED) is 0.824. The number of sulfonamides is 1. The third kappa shape index (κ3) is 5.05. The molecule has 0 spiro atoms. The van der Waals surface area contributed by atoms with Crippen molar-refractivity contribution >= 4 is 21.7 Å². The number of hydrogen-bond acceptors (Lipinski definition) is 4. The molecule has 2 aromatic rings. The topological polar surface area (TPSA) is 91.4 Å². The number of urea groups is 1. The summed E-state index contributed by atoms with van der Waals surface area (Å²) in [7, 11) is -3.53. The molecule has 1 aliphatic rings. The van der Waals surface area contributed by atoms with Crippen LogP contribution in [0.1, 0.15) is 30.7 Å². The molecule has 2 N–H and O–H groups in total. The highest BCUT2D eigenvalue weighted by molar-refractivity contribution is 7.89. The Bertz CT molecular complexity index is 909. The Kier molecular flexibility index (Phi) is 6.08. The average Bonchev–Trinajstić information content (AvgIpc) is 2.67. The standard InChI is InChI=1S/C19H24N4O3S/c1-15-7-5-9-17(21-15)14-20-19(24)22-16-8-6-10-18(13-16)27(25,26)23-11-3-2-4-12-23/h5-10,13H,2-4,11-12,14H2,1H3,(H2,20,22,24). The summed E-state index contributed by atoms with van der Waals surface area (Å²) >= 11 is 0. The molecule has 2 heterocycles. The van der Waals surface area contributed by atoms with Crippen LogP contribution in [-0.2, 0) is 16.6 Å². The van der Waals surface area contributed by atoms with Gasteiger partial charge in [0.25, 0.3) is 0 Å². The maximum Gasteiger partial charge on any atom is 0.319 e. The molecule has 1 aromatic heterocycles. The van der Waals surface area contributed by atoms with Gasteiger partial charge in [-0.3, -0.25) is 4.98 Å². The molecule has 0 radical (unpaired) electrons. The Balaban J connectivity index is 1.64. The number of nitrogens with zero attached hydrogens (tertiary/aromatic N) is 2. The van der Waals surface area contributed by atoms with E-state index in [9.17, 15) is 13.2 Å². The lowest BCUT2D eigenvalue weighted by atomic mass is 10.2. The molecule has 144 valence electrons. The van der Waals surface area contributed by atoms with Gasteiger partial charge in [-0.1, -0.05) is 18.6 Å². The van der Waals surface area contributed by atoms with Crippen molar-refractivity contribution in [1.29, 1.82) is 0 Å². The number of pyridine rings is 1. The summed E-state index contributed by atoms with van der Waals surface area (Å²) in [5, 5.41) is 5.41. The van der Waals surface area contributed by atoms with E-state index in [1.165, 1.54) is 10.4 Å². The normalized spacial score (nSPS) is 15.3. The van der Waals surface area contributed by atoms with E-state index in [4.69, 9.17) is 0 Å². The molecule has 27 heavy (non-hydrogen) atoms. The molecule has 7 nitrogen and oxygen atoms in total. The average molecular weight is 388 g/mol. The van der Waals surface area contributed by atoms with Crippen LogP contribution in [0.25, 0.3) is 0 Å². The van der Waals surface area contributed by atoms with Crippen molar-refractivity contribution in [2.75, 3.05) is 18.4 Å². The summed E-state index contributed by atoms with van der Waals surface area (Å²) in [4.78, 5) is 16.6. The van der Waals surface area contributed by atoms with Crippen LogP contribution in [0.3, 0.4) is 0 Å². The van der Waals surface area contributed by atoms with Gasteiger partial charge in [-0.25, -0.2) is 13.2 Å². The van der Waals surface area contributed by atoms with Gasteiger partial charge in [0.1, 0.15) is 0 Å². The third-order valence-electron chi connectivity index (χ3n) is 4.42. The molecule has 1 aliphatic heterocycles. The van der Waals surface area contributed by atoms with Crippen LogP contribution in [0.4, 0.5) is 10.5 Å². The van der Waals surface area contributed by atoms with Gasteiger partial charge in [-0.05, 0) is 50.1 Å². The SMILES string of the molecule is Cc1cccc(CNC(=O)Nc2cccc(S(=O)(=O)N3CCCCC3)c2)n1. The number of anilines is 1. The fourth-order valence-electron chi connectivity index (χ4n) is 3.03. The summed E-state index contributed by atoms with van der Waals surface area (Å²) in [6.45, 7) is 3.27. The van der Waals surface area contributed by atoms with Gasteiger partial charge in [-0.2, -0.15) is 4.31 Å². The Labute approximate surface area is 159 Å². The molecule has 1 fully saturated rings. The van der Waals surface area contributed by atoms with Crippen molar-refractivity contribution in [2.24, 2.45) is 0 Å². The predicted molar refractivity (Wildman–Crippen MR) is 104 cm³/mol. The largest absolute Gasteiger partial charge is 0.332 e. The monoisotopic (exact) mass is 388 g/mol. The second-order valence-electron chi connectivity index (χ2n) is 6.57. The lowest BCUT2D eigenvalue weighted by molar-refractivity contribution is 0.251. The minimum atomic E-state index is -3.53. The van der Waals surface area contributed by atoms with Crippen molar-refractivity contribution in [2.45, 2.75) is 37.6 Å². The lowest BCUT2D eigenvalue weighted by Crippen LogP contribution is -2.35. The van der Waals surface area contributed by atoms with Crippen LogP contribution in [0, 0.1) is 6.92 Å². The van der Waals surface area contributed by atoms with E-state index >= 15 is 0 Å². The maximum atomic E-state index is 12.8. The Hall–Kier alpha value is -2.45. The molecular formula is C19H24N4O3S. The molecule has 8 heteroatoms. The highest BCUT2D eigenvalue weighted by Gasteiger charge is 2.26. The highest BCUT2D eigenvalue weighted by Crippen LogP contribution is 2.22. The van der Waals surface area contributed by atoms with Gasteiger partial charge >= 0.3 is 6.03 Å². The van der Waals surface area contributed by atoms with Crippen molar-refractivity contribution in [1.82, 2.24) is 14.6 Å². The fourth-order valence-corrected chi connectivity index (χ4v) is 4.60. The number of amides is 2. The summed E-state index contributed by atoms with van der Waals surface area (Å²) in [5.41, 5.74) is 2.07. The number of rotatable bonds is 5. The van der Waals surface area contributed by atoms with Gasteiger partial charge < -0.3 is 10.6 Å². The van der Waals surface area contributed by atoms with Gasteiger partial charge in [0.2, 0.25) is 10.0 Å². The summed E-state index contributed by atoms with van der Waals surface area (Å²) < 4.78 is 27.0. The number of piperidine rings is 1. The molecule has 3 rings (SSSR count). The number of nitrogens with one attached hydrogen (secondary N) is 2. The second-order valence-corrected chi connectivity index (χ2v) is 8.51. The van der Waals surface area contributed by atoms with Crippen molar-refractivity contribution in [3.05, 3.63) is 53.9 Å². The van der Waals surface area contributed by atoms with Crippen LogP contribution in [0.15, 0.2) is 47.4 Å². The van der Waals surface area contributed by atoms with Crippen LogP contribution >= 0.6 is 0 Å². The van der Waals surface area contributed by atoms with Gasteiger partial charge in [0.05, 0.1) is 17.1 Å². The first-order valence-corrected chi connectivity index (χ1v) is 10.5. The summed E-state index contributed by atoms with van der Waals surface area (Å²) in [6.07, 6.45) is 2.82. The van der Waals surface area contributed by atoms with Crippen LogP contribution in [0.5, 0.6) is 0 Å². The zero-order valence-corrected chi connectivity index (χ0v) is 16.1. The van der Waals surface area contributed by atoms with Crippen molar-refractivity contribution in [3.8, 4) is 0 Å². The number of carbonyl (C=O) groups is 1. The third-order valence-corrected chi connectivity index (χ3v) is 6.32. The van der Waals surface area contributed by atoms with E-state index in [0.29, 0.717) is 25.3 Å². The summed E-state index contributed by atoms with van der Waals surface area (Å²) in [6, 6.07) is 11.5. The minimum Gasteiger partial charge on any atom is -0.332 e. The van der Waals surface area contributed by atoms with E-state index in [2.05, 4.69) is 15.6 Å². The molecule has 0 atom stereocenters. The molecule has 0 saturated carbocycles. The van der Waals surface area contributed by atoms with Gasteiger partial charge in [0.15, 0.2) is 0 Å². The predicted octanol–water partition coefficient (Wildman–Crippen LogP) is 2.89. The molecule has 1 aromatic carbocycles. The Morgan fingerprint density at radius 3 is 2.59 bits per heavy atom. The Morgan fingerprint density at radius 1 is 1.11 bits per heavy atom. The maximum absolute atomic E-state index is 12.8. The number of aryl methyl sites for hydroxylation is 1. The number of carbonyl (C=O) groups excluding carboxylic acids is 1. The van der Waals surface area contributed by atoms with Crippen LogP contribution in [0.2, 0.25) is 0 Å². The lowest BCUT2D eigenvalue weighted by Gasteiger charge is -2.26. The van der Waals surface area contributed by atoms with Crippen LogP contribution < -0.4 is 10.6 Å². The summed E-state index contributed by atoms with van der Waals surface area (Å²) in [5.74, 6) is 0. The zero-order chi connectivity index (χ0) is 19.3. The van der Waals surface area contributed by atoms with E-state index in [-0.39, 0.29) is 4.90 Å². The molecular weight excluding hydrogens is 364 g/mol. The second kappa shape index (κ2) is 8.49. The highest BCUT2D eigenvalue weighted by atomic mass is 32.2. The van der Waals surface area contributed by atoms with Gasteiger partial charge in [0, 0.05) is 24.5 Å². The first-order chi connectivity index (χ1) is 12.9. The molecule has 0 bridgehead atoms. The van der Waals surface area contributed by atoms with Crippen molar-refractivity contribution in [3.63, 3.8) is 0 Å². The zero-order valence-electron chi connectivity index (χ0n) is 15.3. The smallest absolute Gasteiger partial charge is 0.319 e. The van der Waals surface area contributed by atoms with E-state index in [0.717, 1.165) is 30.7 Å². The minimum absolute atomic E-state index is 0.197. The first kappa shape index (κ1) is 19.3. The molecule has 1 saturated heterocycles. The number of benzene rings is 1. The first-order valence-electron chi connectivity index (χ1n) is 9.03. The van der Waals surface area contributed by atoms with Crippen LogP contribution in [-0.4, -0.2) is 36.8 Å². The van der Waals surface area contributed by atoms with E-state index in [1.807, 2.05) is 25.1 Å². The molecule has 2 amide bonds. The van der Waals surface area contributed by atoms with Gasteiger partial charge in [-0.15, -0.1) is 0 Å². The van der Waals surface area contributed by atoms with Crippen molar-refractivity contribution < 1.29 is 13.2 Å². The van der Waals surface area contributed by atoms with E-state index in [1.54, 1.807) is 18.2 Å². The van der Waals surface area contributed by atoms with E-state index < -0.39 is 16.1 Å². The number of aromatic nitrogens is 1. The molecule has 0 aliphatic carbocycles. The fraction of sp³-hybridized carbons (Fsp3) is 0.368. The molecule has 0 unspecified atom stereocenters. The Morgan fingerprint density at radius 2 is 1.85 bits per heavy atom. The number of hydrogen-bond donors (Lipinski definition) is 2.